The molecule has 2 nitrogen and oxygen atoms in total. The van der Waals surface area contributed by atoms with Gasteiger partial charge in [0.1, 0.15) is 5.69 Å². The largest absolute Gasteiger partial charge is 0.380 e. The van der Waals surface area contributed by atoms with Crippen LogP contribution < -0.4 is 5.32 Å². The van der Waals surface area contributed by atoms with Crippen LogP contribution in [0.3, 0.4) is 0 Å². The Morgan fingerprint density at radius 1 is 1.20 bits per heavy atom. The zero-order valence-electron chi connectivity index (χ0n) is 11.8. The number of hydrogen-bond acceptors (Lipinski definition) is 2. The van der Waals surface area contributed by atoms with Gasteiger partial charge < -0.3 is 5.32 Å². The summed E-state index contributed by atoms with van der Waals surface area (Å²) in [5, 5.41) is 11.5. The first kappa shape index (κ1) is 14.8. The number of nitriles is 1. The molecule has 0 amide bonds. The minimum absolute atomic E-state index is 0.00631. The summed E-state index contributed by atoms with van der Waals surface area (Å²) in [7, 11) is 0. The summed E-state index contributed by atoms with van der Waals surface area (Å²) in [5.74, 6) is 0.0773. The number of benzene rings is 1. The molecule has 0 unspecified atom stereocenters. The van der Waals surface area contributed by atoms with E-state index in [1.165, 1.54) is 25.7 Å². The van der Waals surface area contributed by atoms with Gasteiger partial charge >= 0.3 is 0 Å². The predicted octanol–water partition coefficient (Wildman–Crippen LogP) is 4.46. The number of halogens is 2. The smallest absolute Gasteiger partial charge is 0.150 e. The van der Waals surface area contributed by atoms with Crippen molar-refractivity contribution in [3.05, 3.63) is 29.3 Å². The molecule has 1 saturated carbocycles. The Balaban J connectivity index is 1.87. The molecule has 4 heteroatoms. The lowest BCUT2D eigenvalue weighted by Crippen LogP contribution is -2.16. The van der Waals surface area contributed by atoms with E-state index in [2.05, 4.69) is 12.2 Å². The van der Waals surface area contributed by atoms with Crippen LogP contribution in [0.25, 0.3) is 0 Å². The maximum Gasteiger partial charge on any atom is 0.150 e. The second kappa shape index (κ2) is 6.69. The molecule has 1 N–H and O–H groups in total. The molecule has 0 heterocycles. The standard InChI is InChI=1S/C16H20F2N2/c1-11-2-4-12(5-3-11)6-7-20-16-14(17)8-13(10-19)9-15(16)18/h8-9,11-12,20H,2-7H2,1H3. The monoisotopic (exact) mass is 278 g/mol. The van der Waals surface area contributed by atoms with E-state index >= 15 is 0 Å². The lowest BCUT2D eigenvalue weighted by Gasteiger charge is -2.26. The van der Waals surface area contributed by atoms with Gasteiger partial charge in [0.2, 0.25) is 0 Å². The maximum atomic E-state index is 13.7. The topological polar surface area (TPSA) is 35.8 Å². The molecule has 2 rings (SSSR count). The van der Waals surface area contributed by atoms with Crippen molar-refractivity contribution in [1.82, 2.24) is 0 Å². The third-order valence-corrected chi connectivity index (χ3v) is 4.16. The Hall–Kier alpha value is -1.63. The van der Waals surface area contributed by atoms with Crippen LogP contribution in [0.15, 0.2) is 12.1 Å². The summed E-state index contributed by atoms with van der Waals surface area (Å²) in [6, 6.07) is 3.87. The zero-order chi connectivity index (χ0) is 14.5. The molecule has 0 saturated heterocycles. The quantitative estimate of drug-likeness (QED) is 0.882. The van der Waals surface area contributed by atoms with Crippen molar-refractivity contribution in [2.24, 2.45) is 11.8 Å². The van der Waals surface area contributed by atoms with E-state index < -0.39 is 11.6 Å². The Kier molecular flexibility index (Phi) is 4.94. The summed E-state index contributed by atoms with van der Waals surface area (Å²) in [6.45, 7) is 2.84. The second-order valence-electron chi connectivity index (χ2n) is 5.77. The molecule has 1 fully saturated rings. The minimum Gasteiger partial charge on any atom is -0.380 e. The third-order valence-electron chi connectivity index (χ3n) is 4.16. The Labute approximate surface area is 118 Å². The van der Waals surface area contributed by atoms with Gasteiger partial charge in [-0.15, -0.1) is 0 Å². The van der Waals surface area contributed by atoms with Crippen LogP contribution in [0.5, 0.6) is 0 Å². The Morgan fingerprint density at radius 2 is 1.80 bits per heavy atom. The molecule has 108 valence electrons. The summed E-state index contributed by atoms with van der Waals surface area (Å²) < 4.78 is 27.3. The third kappa shape index (κ3) is 3.69. The molecule has 0 radical (unpaired) electrons. The molecule has 1 aromatic carbocycles. The van der Waals surface area contributed by atoms with Gasteiger partial charge in [-0.25, -0.2) is 8.78 Å². The Morgan fingerprint density at radius 3 is 2.35 bits per heavy atom. The van der Waals surface area contributed by atoms with Crippen LogP contribution in [0, 0.1) is 34.8 Å². The van der Waals surface area contributed by atoms with Crippen LogP contribution in [0.2, 0.25) is 0 Å². The highest BCUT2D eigenvalue weighted by molar-refractivity contribution is 5.50. The van der Waals surface area contributed by atoms with Gasteiger partial charge in [-0.1, -0.05) is 32.6 Å². The van der Waals surface area contributed by atoms with Gasteiger partial charge in [0, 0.05) is 6.54 Å². The van der Waals surface area contributed by atoms with Crippen molar-refractivity contribution >= 4 is 5.69 Å². The van der Waals surface area contributed by atoms with Crippen molar-refractivity contribution in [2.75, 3.05) is 11.9 Å². The summed E-state index contributed by atoms with van der Waals surface area (Å²) in [4.78, 5) is 0. The van der Waals surface area contributed by atoms with E-state index in [1.807, 2.05) is 0 Å². The molecule has 20 heavy (non-hydrogen) atoms. The average Bonchev–Trinajstić information content (AvgIpc) is 2.43. The van der Waals surface area contributed by atoms with E-state index in [0.717, 1.165) is 24.5 Å². The van der Waals surface area contributed by atoms with Gasteiger partial charge in [-0.2, -0.15) is 5.26 Å². The van der Waals surface area contributed by atoms with Crippen molar-refractivity contribution < 1.29 is 8.78 Å². The fraction of sp³-hybridized carbons (Fsp3) is 0.562. The first-order chi connectivity index (χ1) is 9.60. The highest BCUT2D eigenvalue weighted by Gasteiger charge is 2.18. The van der Waals surface area contributed by atoms with E-state index in [4.69, 9.17) is 5.26 Å². The first-order valence-corrected chi connectivity index (χ1v) is 7.23. The van der Waals surface area contributed by atoms with E-state index in [-0.39, 0.29) is 11.3 Å². The number of nitrogens with zero attached hydrogens (tertiary/aromatic N) is 1. The highest BCUT2D eigenvalue weighted by atomic mass is 19.1. The fourth-order valence-corrected chi connectivity index (χ4v) is 2.83. The molecule has 0 aliphatic heterocycles. The second-order valence-corrected chi connectivity index (χ2v) is 5.77. The highest BCUT2D eigenvalue weighted by Crippen LogP contribution is 2.30. The molecule has 0 bridgehead atoms. The van der Waals surface area contributed by atoms with Crippen LogP contribution in [0.1, 0.15) is 44.6 Å². The molecule has 0 aromatic heterocycles. The van der Waals surface area contributed by atoms with Gasteiger partial charge in [0.05, 0.1) is 11.6 Å². The normalized spacial score (nSPS) is 22.3. The van der Waals surface area contributed by atoms with Crippen LogP contribution >= 0.6 is 0 Å². The fourth-order valence-electron chi connectivity index (χ4n) is 2.83. The lowest BCUT2D eigenvalue weighted by molar-refractivity contribution is 0.281. The number of anilines is 1. The summed E-state index contributed by atoms with van der Waals surface area (Å²) in [5.41, 5.74) is -0.111. The predicted molar refractivity (Wildman–Crippen MR) is 75.3 cm³/mol. The SMILES string of the molecule is CC1CCC(CCNc2c(F)cc(C#N)cc2F)CC1. The molecular formula is C16H20F2N2. The van der Waals surface area contributed by atoms with Crippen molar-refractivity contribution in [3.63, 3.8) is 0 Å². The number of nitrogens with one attached hydrogen (secondary N) is 1. The van der Waals surface area contributed by atoms with E-state index in [9.17, 15) is 8.78 Å². The van der Waals surface area contributed by atoms with Crippen molar-refractivity contribution in [3.8, 4) is 6.07 Å². The van der Waals surface area contributed by atoms with Gasteiger partial charge in [-0.3, -0.25) is 0 Å². The molecule has 1 aliphatic carbocycles. The van der Waals surface area contributed by atoms with Crippen molar-refractivity contribution in [2.45, 2.75) is 39.0 Å². The lowest BCUT2D eigenvalue weighted by atomic mass is 9.81. The molecular weight excluding hydrogens is 258 g/mol. The maximum absolute atomic E-state index is 13.7. The summed E-state index contributed by atoms with van der Waals surface area (Å²) >= 11 is 0. The summed E-state index contributed by atoms with van der Waals surface area (Å²) in [6.07, 6.45) is 5.86. The molecule has 0 atom stereocenters. The minimum atomic E-state index is -0.696. The van der Waals surface area contributed by atoms with Gasteiger partial charge in [-0.05, 0) is 30.4 Å². The Bertz CT molecular complexity index is 477. The van der Waals surface area contributed by atoms with Gasteiger partial charge in [0.25, 0.3) is 0 Å². The van der Waals surface area contributed by atoms with Crippen molar-refractivity contribution in [1.29, 1.82) is 5.26 Å². The van der Waals surface area contributed by atoms with Crippen LogP contribution in [-0.2, 0) is 0 Å². The number of hydrogen-bond donors (Lipinski definition) is 1. The molecule has 1 aromatic rings. The van der Waals surface area contributed by atoms with Gasteiger partial charge in [0.15, 0.2) is 11.6 Å². The van der Waals surface area contributed by atoms with Crippen LogP contribution in [-0.4, -0.2) is 6.54 Å². The average molecular weight is 278 g/mol. The van der Waals surface area contributed by atoms with Crippen LogP contribution in [0.4, 0.5) is 14.5 Å². The number of rotatable bonds is 4. The van der Waals surface area contributed by atoms with E-state index in [1.54, 1.807) is 6.07 Å². The molecule has 1 aliphatic rings. The first-order valence-electron chi connectivity index (χ1n) is 7.23. The molecule has 0 spiro atoms. The van der Waals surface area contributed by atoms with E-state index in [0.29, 0.717) is 12.5 Å². The zero-order valence-corrected chi connectivity index (χ0v) is 11.8.